The Morgan fingerprint density at radius 3 is 2.88 bits per heavy atom. The molecule has 2 aromatic rings. The number of hydrogen-bond donors (Lipinski definition) is 1. The third-order valence-electron chi connectivity index (χ3n) is 3.70. The molecule has 0 aliphatic carbocycles. The van der Waals surface area contributed by atoms with Crippen LogP contribution in [0, 0.1) is 0 Å². The molecule has 1 aromatic carbocycles. The lowest BCUT2D eigenvalue weighted by molar-refractivity contribution is -0.116. The van der Waals surface area contributed by atoms with Gasteiger partial charge in [-0.3, -0.25) is 14.2 Å². The third-order valence-corrected chi connectivity index (χ3v) is 4.82. The van der Waals surface area contributed by atoms with E-state index in [4.69, 9.17) is 9.47 Å². The molecule has 3 rings (SSSR count). The number of amides is 1. The number of rotatable bonds is 5. The van der Waals surface area contributed by atoms with Crippen molar-refractivity contribution in [1.82, 2.24) is 9.55 Å². The molecule has 0 radical (unpaired) electrons. The van der Waals surface area contributed by atoms with Gasteiger partial charge in [0.2, 0.25) is 5.91 Å². The molecule has 1 amide bonds. The highest BCUT2D eigenvalue weighted by atomic mass is 32.2. The van der Waals surface area contributed by atoms with Crippen molar-refractivity contribution >= 4 is 23.4 Å². The lowest BCUT2D eigenvalue weighted by Crippen LogP contribution is -2.26. The average molecular weight is 347 g/mol. The first-order chi connectivity index (χ1) is 11.6. The molecule has 0 saturated carbocycles. The van der Waals surface area contributed by atoms with E-state index < -0.39 is 0 Å². The first-order valence-corrected chi connectivity index (χ1v) is 8.33. The number of anilines is 1. The average Bonchev–Trinajstić information content (AvgIpc) is 2.99. The molecule has 7 nitrogen and oxygen atoms in total. The van der Waals surface area contributed by atoms with Crippen LogP contribution in [0.4, 0.5) is 5.69 Å². The van der Waals surface area contributed by atoms with Crippen molar-refractivity contribution in [2.45, 2.75) is 17.6 Å². The summed E-state index contributed by atoms with van der Waals surface area (Å²) < 4.78 is 12.0. The largest absolute Gasteiger partial charge is 0.493 e. The predicted molar refractivity (Wildman–Crippen MR) is 91.1 cm³/mol. The summed E-state index contributed by atoms with van der Waals surface area (Å²) in [5.74, 6) is 1.62. The number of nitrogens with zero attached hydrogens (tertiary/aromatic N) is 2. The van der Waals surface area contributed by atoms with Gasteiger partial charge in [0.05, 0.1) is 20.3 Å². The zero-order chi connectivity index (χ0) is 17.1. The summed E-state index contributed by atoms with van der Waals surface area (Å²) in [4.78, 5) is 28.4. The lowest BCUT2D eigenvalue weighted by Gasteiger charge is -2.14. The summed E-state index contributed by atoms with van der Waals surface area (Å²) in [5, 5.41) is 3.48. The van der Waals surface area contributed by atoms with Crippen LogP contribution in [0.3, 0.4) is 0 Å². The number of ether oxygens (including phenoxy) is 2. The third kappa shape index (κ3) is 3.23. The molecule has 24 heavy (non-hydrogen) atoms. The maximum atomic E-state index is 12.3. The fraction of sp³-hybridized carbons (Fsp3) is 0.312. The Morgan fingerprint density at radius 2 is 2.12 bits per heavy atom. The fourth-order valence-corrected chi connectivity index (χ4v) is 3.70. The van der Waals surface area contributed by atoms with Crippen molar-refractivity contribution in [1.29, 1.82) is 0 Å². The van der Waals surface area contributed by atoms with Gasteiger partial charge in [0.15, 0.2) is 16.7 Å². The van der Waals surface area contributed by atoms with E-state index in [1.165, 1.54) is 31.1 Å². The predicted octanol–water partition coefficient (Wildman–Crippen LogP) is 1.94. The minimum atomic E-state index is -0.189. The summed E-state index contributed by atoms with van der Waals surface area (Å²) in [7, 11) is 3.09. The second kappa shape index (κ2) is 6.96. The Morgan fingerprint density at radius 1 is 1.33 bits per heavy atom. The Kier molecular flexibility index (Phi) is 4.75. The first-order valence-electron chi connectivity index (χ1n) is 7.34. The van der Waals surface area contributed by atoms with Gasteiger partial charge in [-0.05, 0) is 12.1 Å². The Balaban J connectivity index is 1.71. The number of aromatic nitrogens is 2. The van der Waals surface area contributed by atoms with Crippen LogP contribution in [-0.4, -0.2) is 35.4 Å². The molecule has 0 fully saturated rings. The molecular formula is C16H17N3O4S. The molecule has 126 valence electrons. The highest BCUT2D eigenvalue weighted by molar-refractivity contribution is 7.99. The molecule has 1 N–H and O–H groups in total. The standard InChI is InChI=1S/C16H17N3O4S/c1-22-12-4-3-10(7-13(12)23-2)18-14(20)8-11-9-24-16-17-6-5-15(21)19(11)16/h3-7,11H,8-9H2,1-2H3,(H,18,20). The van der Waals surface area contributed by atoms with Crippen molar-refractivity contribution in [3.05, 3.63) is 40.8 Å². The second-order valence-electron chi connectivity index (χ2n) is 5.22. The van der Waals surface area contributed by atoms with Crippen molar-refractivity contribution in [3.63, 3.8) is 0 Å². The van der Waals surface area contributed by atoms with E-state index >= 15 is 0 Å². The number of benzene rings is 1. The zero-order valence-electron chi connectivity index (χ0n) is 13.3. The van der Waals surface area contributed by atoms with E-state index in [0.717, 1.165) is 0 Å². The number of thioether (sulfide) groups is 1. The van der Waals surface area contributed by atoms with Gasteiger partial charge in [-0.15, -0.1) is 0 Å². The number of carbonyl (C=O) groups excluding carboxylic acids is 1. The molecular weight excluding hydrogens is 330 g/mol. The summed E-state index contributed by atoms with van der Waals surface area (Å²) in [5.41, 5.74) is 0.482. The van der Waals surface area contributed by atoms with Crippen LogP contribution < -0.4 is 20.3 Å². The SMILES string of the molecule is COc1ccc(NC(=O)CC2CSc3nccc(=O)n32)cc1OC. The number of nitrogens with one attached hydrogen (secondary N) is 1. The topological polar surface area (TPSA) is 82.5 Å². The van der Waals surface area contributed by atoms with Crippen molar-refractivity contribution in [2.24, 2.45) is 0 Å². The Labute approximate surface area is 143 Å². The number of methoxy groups -OCH3 is 2. The zero-order valence-corrected chi connectivity index (χ0v) is 14.1. The molecule has 2 heterocycles. The molecule has 1 unspecified atom stereocenters. The molecule has 0 bridgehead atoms. The van der Waals surface area contributed by atoms with E-state index in [1.54, 1.807) is 29.9 Å². The van der Waals surface area contributed by atoms with Crippen LogP contribution in [-0.2, 0) is 4.79 Å². The van der Waals surface area contributed by atoms with Crippen molar-refractivity contribution < 1.29 is 14.3 Å². The van der Waals surface area contributed by atoms with E-state index in [2.05, 4.69) is 10.3 Å². The van der Waals surface area contributed by atoms with Crippen LogP contribution in [0.1, 0.15) is 12.5 Å². The summed E-state index contributed by atoms with van der Waals surface area (Å²) >= 11 is 1.48. The van der Waals surface area contributed by atoms with Gasteiger partial charge in [0.25, 0.3) is 5.56 Å². The maximum Gasteiger partial charge on any atom is 0.254 e. The summed E-state index contributed by atoms with van der Waals surface area (Å²) in [6.45, 7) is 0. The Bertz CT molecular complexity index is 821. The minimum Gasteiger partial charge on any atom is -0.493 e. The fourth-order valence-electron chi connectivity index (χ4n) is 2.58. The normalized spacial score (nSPS) is 15.7. The van der Waals surface area contributed by atoms with Crippen molar-refractivity contribution in [3.8, 4) is 11.5 Å². The van der Waals surface area contributed by atoms with Crippen LogP contribution >= 0.6 is 11.8 Å². The van der Waals surface area contributed by atoms with E-state index in [9.17, 15) is 9.59 Å². The van der Waals surface area contributed by atoms with E-state index in [0.29, 0.717) is 28.1 Å². The minimum absolute atomic E-state index is 0.131. The van der Waals surface area contributed by atoms with Crippen LogP contribution in [0.15, 0.2) is 40.4 Å². The quantitative estimate of drug-likeness (QED) is 0.833. The summed E-state index contributed by atoms with van der Waals surface area (Å²) in [6.07, 6.45) is 1.70. The number of carbonyl (C=O) groups is 1. The molecule has 1 aliphatic rings. The van der Waals surface area contributed by atoms with Gasteiger partial charge in [0.1, 0.15) is 0 Å². The smallest absolute Gasteiger partial charge is 0.254 e. The van der Waals surface area contributed by atoms with Gasteiger partial charge in [-0.1, -0.05) is 11.8 Å². The van der Waals surface area contributed by atoms with E-state index in [-0.39, 0.29) is 23.9 Å². The Hall–Kier alpha value is -2.48. The lowest BCUT2D eigenvalue weighted by atomic mass is 10.2. The molecule has 1 atom stereocenters. The molecule has 1 aliphatic heterocycles. The number of hydrogen-bond acceptors (Lipinski definition) is 6. The van der Waals surface area contributed by atoms with Gasteiger partial charge >= 0.3 is 0 Å². The summed E-state index contributed by atoms with van der Waals surface area (Å²) in [6, 6.07) is 6.39. The van der Waals surface area contributed by atoms with Gasteiger partial charge < -0.3 is 14.8 Å². The van der Waals surface area contributed by atoms with E-state index in [1.807, 2.05) is 0 Å². The van der Waals surface area contributed by atoms with Crippen LogP contribution in [0.25, 0.3) is 0 Å². The van der Waals surface area contributed by atoms with Gasteiger partial charge in [-0.25, -0.2) is 4.98 Å². The molecule has 0 spiro atoms. The van der Waals surface area contributed by atoms with Gasteiger partial charge in [0, 0.05) is 36.2 Å². The highest BCUT2D eigenvalue weighted by Gasteiger charge is 2.26. The first kappa shape index (κ1) is 16.4. The second-order valence-corrected chi connectivity index (χ2v) is 6.21. The van der Waals surface area contributed by atoms with Crippen LogP contribution in [0.2, 0.25) is 0 Å². The highest BCUT2D eigenvalue weighted by Crippen LogP contribution is 2.32. The van der Waals surface area contributed by atoms with Gasteiger partial charge in [-0.2, -0.15) is 0 Å². The molecule has 1 aromatic heterocycles. The molecule has 8 heteroatoms. The maximum absolute atomic E-state index is 12.3. The molecule has 0 saturated heterocycles. The number of fused-ring (bicyclic) bond motifs is 1. The van der Waals surface area contributed by atoms with Crippen LogP contribution in [0.5, 0.6) is 11.5 Å². The van der Waals surface area contributed by atoms with Crippen molar-refractivity contribution in [2.75, 3.05) is 25.3 Å². The monoisotopic (exact) mass is 347 g/mol.